The molecule has 0 aliphatic heterocycles. The number of benzene rings is 2. The van der Waals surface area contributed by atoms with E-state index in [2.05, 4.69) is 12.2 Å². The predicted octanol–water partition coefficient (Wildman–Crippen LogP) is 4.73. The van der Waals surface area contributed by atoms with Crippen LogP contribution in [0.4, 0.5) is 4.39 Å². The van der Waals surface area contributed by atoms with Gasteiger partial charge in [0, 0.05) is 12.1 Å². The Kier molecular flexibility index (Phi) is 5.34. The molecule has 0 aliphatic carbocycles. The molecule has 2 rings (SSSR count). The molecule has 0 bridgehead atoms. The summed E-state index contributed by atoms with van der Waals surface area (Å²) in [6.45, 7) is 7.57. The third-order valence-electron chi connectivity index (χ3n) is 3.35. The van der Waals surface area contributed by atoms with Crippen LogP contribution in [-0.2, 0) is 6.54 Å². The van der Waals surface area contributed by atoms with E-state index in [0.717, 1.165) is 29.7 Å². The normalized spacial score (nSPS) is 10.7. The Morgan fingerprint density at radius 1 is 1.14 bits per heavy atom. The largest absolute Gasteiger partial charge is 0.454 e. The molecule has 3 heteroatoms. The molecule has 0 fully saturated rings. The van der Waals surface area contributed by atoms with Gasteiger partial charge in [0.2, 0.25) is 0 Å². The van der Waals surface area contributed by atoms with Crippen LogP contribution in [-0.4, -0.2) is 6.54 Å². The summed E-state index contributed by atoms with van der Waals surface area (Å²) < 4.78 is 20.0. The van der Waals surface area contributed by atoms with Gasteiger partial charge in [-0.15, -0.1) is 0 Å². The number of halogens is 1. The molecule has 2 aromatic rings. The van der Waals surface area contributed by atoms with Gasteiger partial charge in [0.15, 0.2) is 11.6 Å². The molecular formula is C18H22FNO. The van der Waals surface area contributed by atoms with Crippen molar-refractivity contribution in [2.75, 3.05) is 6.54 Å². The van der Waals surface area contributed by atoms with Gasteiger partial charge in [-0.1, -0.05) is 31.2 Å². The molecule has 0 radical (unpaired) electrons. The lowest BCUT2D eigenvalue weighted by atomic mass is 10.1. The summed E-state index contributed by atoms with van der Waals surface area (Å²) in [4.78, 5) is 0. The van der Waals surface area contributed by atoms with Crippen molar-refractivity contribution in [3.8, 4) is 11.5 Å². The summed E-state index contributed by atoms with van der Waals surface area (Å²) in [7, 11) is 0. The summed E-state index contributed by atoms with van der Waals surface area (Å²) in [5.74, 6) is 0.693. The Morgan fingerprint density at radius 2 is 1.95 bits per heavy atom. The number of hydrogen-bond donors (Lipinski definition) is 1. The van der Waals surface area contributed by atoms with Crippen molar-refractivity contribution >= 4 is 0 Å². The van der Waals surface area contributed by atoms with E-state index in [0.29, 0.717) is 18.0 Å². The Hall–Kier alpha value is -1.87. The molecule has 112 valence electrons. The van der Waals surface area contributed by atoms with Crippen LogP contribution in [0.1, 0.15) is 30.0 Å². The van der Waals surface area contributed by atoms with E-state index in [9.17, 15) is 4.39 Å². The van der Waals surface area contributed by atoms with E-state index in [1.807, 2.05) is 38.1 Å². The number of nitrogens with one attached hydrogen (secondary N) is 1. The molecule has 0 atom stereocenters. The van der Waals surface area contributed by atoms with Crippen LogP contribution in [0.3, 0.4) is 0 Å². The summed E-state index contributed by atoms with van der Waals surface area (Å²) in [5, 5.41) is 3.28. The first-order valence-corrected chi connectivity index (χ1v) is 7.35. The van der Waals surface area contributed by atoms with Gasteiger partial charge in [0.25, 0.3) is 0 Å². The van der Waals surface area contributed by atoms with E-state index in [4.69, 9.17) is 4.74 Å². The topological polar surface area (TPSA) is 21.3 Å². The van der Waals surface area contributed by atoms with Gasteiger partial charge in [-0.2, -0.15) is 0 Å². The van der Waals surface area contributed by atoms with E-state index in [-0.39, 0.29) is 5.82 Å². The molecule has 2 aromatic carbocycles. The third-order valence-corrected chi connectivity index (χ3v) is 3.35. The van der Waals surface area contributed by atoms with E-state index in [1.165, 1.54) is 6.07 Å². The van der Waals surface area contributed by atoms with E-state index >= 15 is 0 Å². The smallest absolute Gasteiger partial charge is 0.167 e. The summed E-state index contributed by atoms with van der Waals surface area (Å²) >= 11 is 0. The first kappa shape index (κ1) is 15.5. The summed E-state index contributed by atoms with van der Waals surface area (Å²) in [6, 6.07) is 11.0. The fourth-order valence-corrected chi connectivity index (χ4v) is 2.13. The van der Waals surface area contributed by atoms with Gasteiger partial charge >= 0.3 is 0 Å². The van der Waals surface area contributed by atoms with Crippen LogP contribution in [0.5, 0.6) is 11.5 Å². The second-order valence-electron chi connectivity index (χ2n) is 5.28. The molecule has 0 heterocycles. The molecule has 1 N–H and O–H groups in total. The Labute approximate surface area is 126 Å². The zero-order chi connectivity index (χ0) is 15.2. The minimum atomic E-state index is -0.327. The van der Waals surface area contributed by atoms with Crippen molar-refractivity contribution in [1.82, 2.24) is 5.32 Å². The molecule has 21 heavy (non-hydrogen) atoms. The first-order chi connectivity index (χ1) is 10.1. The highest BCUT2D eigenvalue weighted by atomic mass is 19.1. The molecule has 2 nitrogen and oxygen atoms in total. The Bertz CT molecular complexity index is 610. The minimum absolute atomic E-state index is 0.315. The molecule has 0 aromatic heterocycles. The molecule has 0 saturated heterocycles. The lowest BCUT2D eigenvalue weighted by molar-refractivity contribution is 0.430. The van der Waals surface area contributed by atoms with Gasteiger partial charge in [-0.3, -0.25) is 0 Å². The van der Waals surface area contributed by atoms with Gasteiger partial charge in [0.05, 0.1) is 0 Å². The Morgan fingerprint density at radius 3 is 2.71 bits per heavy atom. The molecule has 0 amide bonds. The van der Waals surface area contributed by atoms with Crippen molar-refractivity contribution in [2.45, 2.75) is 33.7 Å². The highest BCUT2D eigenvalue weighted by molar-refractivity contribution is 5.43. The minimum Gasteiger partial charge on any atom is -0.454 e. The van der Waals surface area contributed by atoms with E-state index < -0.39 is 0 Å². The van der Waals surface area contributed by atoms with Gasteiger partial charge in [0.1, 0.15) is 5.75 Å². The molecule has 0 aliphatic rings. The number of aryl methyl sites for hydroxylation is 2. The fourth-order valence-electron chi connectivity index (χ4n) is 2.13. The Balaban J connectivity index is 2.27. The van der Waals surface area contributed by atoms with Crippen LogP contribution < -0.4 is 10.1 Å². The van der Waals surface area contributed by atoms with Crippen LogP contribution in [0, 0.1) is 19.7 Å². The average Bonchev–Trinajstić information content (AvgIpc) is 2.46. The van der Waals surface area contributed by atoms with E-state index in [1.54, 1.807) is 6.07 Å². The third kappa shape index (κ3) is 4.05. The lowest BCUT2D eigenvalue weighted by Gasteiger charge is -2.14. The van der Waals surface area contributed by atoms with Crippen LogP contribution >= 0.6 is 0 Å². The highest BCUT2D eigenvalue weighted by Gasteiger charge is 2.12. The first-order valence-electron chi connectivity index (χ1n) is 7.35. The summed E-state index contributed by atoms with van der Waals surface area (Å²) in [6.07, 6.45) is 1.04. The molecule has 0 spiro atoms. The van der Waals surface area contributed by atoms with Crippen LogP contribution in [0.25, 0.3) is 0 Å². The maximum absolute atomic E-state index is 14.1. The van der Waals surface area contributed by atoms with Crippen LogP contribution in [0.15, 0.2) is 36.4 Å². The van der Waals surface area contributed by atoms with Crippen molar-refractivity contribution in [3.63, 3.8) is 0 Å². The fraction of sp³-hybridized carbons (Fsp3) is 0.333. The second-order valence-corrected chi connectivity index (χ2v) is 5.28. The highest BCUT2D eigenvalue weighted by Crippen LogP contribution is 2.31. The van der Waals surface area contributed by atoms with Crippen LogP contribution in [0.2, 0.25) is 0 Å². The standard InChI is InChI=1S/C18H22FNO/c1-4-10-20-12-15-6-5-7-16(19)18(15)21-17-11-13(2)8-9-14(17)3/h5-9,11,20H,4,10,12H2,1-3H3. The average molecular weight is 287 g/mol. The molecule has 0 saturated carbocycles. The maximum Gasteiger partial charge on any atom is 0.167 e. The second kappa shape index (κ2) is 7.23. The zero-order valence-electron chi connectivity index (χ0n) is 12.9. The quantitative estimate of drug-likeness (QED) is 0.775. The zero-order valence-corrected chi connectivity index (χ0v) is 12.9. The van der Waals surface area contributed by atoms with Gasteiger partial charge in [-0.05, 0) is 50.1 Å². The van der Waals surface area contributed by atoms with Crippen molar-refractivity contribution in [1.29, 1.82) is 0 Å². The van der Waals surface area contributed by atoms with Crippen molar-refractivity contribution in [3.05, 3.63) is 58.9 Å². The maximum atomic E-state index is 14.1. The number of rotatable bonds is 6. The van der Waals surface area contributed by atoms with Gasteiger partial charge < -0.3 is 10.1 Å². The van der Waals surface area contributed by atoms with Crippen molar-refractivity contribution < 1.29 is 9.13 Å². The van der Waals surface area contributed by atoms with Crippen molar-refractivity contribution in [2.24, 2.45) is 0 Å². The number of para-hydroxylation sites is 1. The molecular weight excluding hydrogens is 265 g/mol. The predicted molar refractivity (Wildman–Crippen MR) is 84.4 cm³/mol. The monoisotopic (exact) mass is 287 g/mol. The summed E-state index contributed by atoms with van der Waals surface area (Å²) in [5.41, 5.74) is 2.93. The van der Waals surface area contributed by atoms with Gasteiger partial charge in [-0.25, -0.2) is 4.39 Å². The lowest BCUT2D eigenvalue weighted by Crippen LogP contribution is -2.14. The number of ether oxygens (including phenoxy) is 1. The molecule has 0 unspecified atom stereocenters. The number of hydrogen-bond acceptors (Lipinski definition) is 2. The SMILES string of the molecule is CCCNCc1cccc(F)c1Oc1cc(C)ccc1C.